The second kappa shape index (κ2) is 11.8. The Balaban J connectivity index is 1.45. The van der Waals surface area contributed by atoms with Crippen LogP contribution in [0.4, 0.5) is 0 Å². The first-order chi connectivity index (χ1) is 16.9. The van der Waals surface area contributed by atoms with Gasteiger partial charge in [0.05, 0.1) is 0 Å². The van der Waals surface area contributed by atoms with E-state index in [9.17, 15) is 9.59 Å². The van der Waals surface area contributed by atoms with Gasteiger partial charge in [0.15, 0.2) is 13.2 Å². The van der Waals surface area contributed by atoms with Crippen molar-refractivity contribution in [3.05, 3.63) is 59.7 Å². The molecule has 2 aromatic rings. The number of rotatable bonds is 8. The highest BCUT2D eigenvalue weighted by Crippen LogP contribution is 2.25. The predicted molar refractivity (Wildman–Crippen MR) is 144 cm³/mol. The van der Waals surface area contributed by atoms with E-state index >= 15 is 0 Å². The van der Waals surface area contributed by atoms with E-state index in [1.807, 2.05) is 48.5 Å². The van der Waals surface area contributed by atoms with Crippen molar-refractivity contribution in [2.24, 2.45) is 0 Å². The monoisotopic (exact) mass is 494 g/mol. The topological polar surface area (TPSA) is 76.7 Å². The largest absolute Gasteiger partial charge is 0.484 e. The second-order valence-electron chi connectivity index (χ2n) is 11.8. The fourth-order valence-electron chi connectivity index (χ4n) is 4.37. The van der Waals surface area contributed by atoms with Gasteiger partial charge in [-0.25, -0.2) is 0 Å². The summed E-state index contributed by atoms with van der Waals surface area (Å²) < 4.78 is 11.4. The van der Waals surface area contributed by atoms with Gasteiger partial charge in [0, 0.05) is 12.1 Å². The van der Waals surface area contributed by atoms with Gasteiger partial charge < -0.3 is 20.1 Å². The van der Waals surface area contributed by atoms with E-state index in [1.165, 1.54) is 11.1 Å². The molecule has 2 aromatic carbocycles. The van der Waals surface area contributed by atoms with Crippen LogP contribution < -0.4 is 20.1 Å². The van der Waals surface area contributed by atoms with E-state index in [1.54, 1.807) is 0 Å². The number of hydrogen-bond acceptors (Lipinski definition) is 4. The third kappa shape index (κ3) is 8.28. The maximum atomic E-state index is 12.6. The zero-order chi connectivity index (χ0) is 26.3. The molecule has 0 spiro atoms. The molecule has 2 N–H and O–H groups in total. The molecule has 6 heteroatoms. The van der Waals surface area contributed by atoms with Crippen LogP contribution in [0.15, 0.2) is 48.5 Å². The molecule has 36 heavy (non-hydrogen) atoms. The van der Waals surface area contributed by atoms with Crippen LogP contribution in [-0.4, -0.2) is 37.1 Å². The van der Waals surface area contributed by atoms with Crippen molar-refractivity contribution in [2.75, 3.05) is 13.2 Å². The third-order valence-electron chi connectivity index (χ3n) is 6.64. The maximum Gasteiger partial charge on any atom is 0.258 e. The number of benzene rings is 2. The second-order valence-corrected chi connectivity index (χ2v) is 11.8. The smallest absolute Gasteiger partial charge is 0.258 e. The molecule has 196 valence electrons. The number of nitrogens with one attached hydrogen (secondary N) is 2. The summed E-state index contributed by atoms with van der Waals surface area (Å²) in [7, 11) is 0. The van der Waals surface area contributed by atoms with Gasteiger partial charge in [-0.3, -0.25) is 9.59 Å². The lowest BCUT2D eigenvalue weighted by Crippen LogP contribution is -2.54. The SMILES string of the molecule is CC(C)(C)c1ccc(OCC(=O)N[C@H]2CCCC[C@@H]2NC(=O)COc2ccc(C(C)(C)C)cc2)cc1. The molecular weight excluding hydrogens is 452 g/mol. The molecule has 2 amide bonds. The van der Waals surface area contributed by atoms with Crippen LogP contribution in [0.25, 0.3) is 0 Å². The first kappa shape index (κ1) is 27.6. The Morgan fingerprint density at radius 2 is 1.00 bits per heavy atom. The number of carbonyl (C=O) groups excluding carboxylic acids is 2. The molecule has 0 heterocycles. The Kier molecular flexibility index (Phi) is 9.04. The number of ether oxygens (including phenoxy) is 2. The predicted octanol–water partition coefficient (Wildman–Crippen LogP) is 5.28. The first-order valence-corrected chi connectivity index (χ1v) is 13.0. The summed E-state index contributed by atoms with van der Waals surface area (Å²) in [6, 6.07) is 15.5. The molecule has 6 nitrogen and oxygen atoms in total. The molecule has 0 aliphatic heterocycles. The summed E-state index contributed by atoms with van der Waals surface area (Å²) in [5.41, 5.74) is 2.56. The van der Waals surface area contributed by atoms with E-state index in [4.69, 9.17) is 9.47 Å². The van der Waals surface area contributed by atoms with Gasteiger partial charge >= 0.3 is 0 Å². The number of amides is 2. The van der Waals surface area contributed by atoms with Gasteiger partial charge in [0.2, 0.25) is 0 Å². The lowest BCUT2D eigenvalue weighted by Gasteiger charge is -2.32. The van der Waals surface area contributed by atoms with Gasteiger partial charge in [-0.05, 0) is 59.1 Å². The van der Waals surface area contributed by atoms with Crippen LogP contribution >= 0.6 is 0 Å². The van der Waals surface area contributed by atoms with Gasteiger partial charge in [0.1, 0.15) is 11.5 Å². The molecule has 1 saturated carbocycles. The quantitative estimate of drug-likeness (QED) is 0.523. The minimum atomic E-state index is -0.184. The van der Waals surface area contributed by atoms with E-state index < -0.39 is 0 Å². The van der Waals surface area contributed by atoms with Crippen LogP contribution in [0.3, 0.4) is 0 Å². The first-order valence-electron chi connectivity index (χ1n) is 13.0. The maximum absolute atomic E-state index is 12.6. The fraction of sp³-hybridized carbons (Fsp3) is 0.533. The Bertz CT molecular complexity index is 918. The standard InChI is InChI=1S/C30H42N2O4/c1-29(2,3)21-11-15-23(16-12-21)35-19-27(33)31-25-9-7-8-10-26(25)32-28(34)20-36-24-17-13-22(14-18-24)30(4,5)6/h11-18,25-26H,7-10,19-20H2,1-6H3,(H,31,33)(H,32,34)/t25-,26-/m0/s1. The van der Waals surface area contributed by atoms with Crippen LogP contribution in [0.1, 0.15) is 78.4 Å². The van der Waals surface area contributed by atoms with E-state index in [0.717, 1.165) is 25.7 Å². The third-order valence-corrected chi connectivity index (χ3v) is 6.64. The highest BCUT2D eigenvalue weighted by Gasteiger charge is 2.28. The lowest BCUT2D eigenvalue weighted by atomic mass is 9.87. The van der Waals surface area contributed by atoms with E-state index in [2.05, 4.69) is 52.2 Å². The van der Waals surface area contributed by atoms with Crippen molar-refractivity contribution in [3.8, 4) is 11.5 Å². The highest BCUT2D eigenvalue weighted by molar-refractivity contribution is 5.79. The molecule has 0 bridgehead atoms. The molecule has 1 aliphatic carbocycles. The van der Waals surface area contributed by atoms with E-state index in [0.29, 0.717) is 11.5 Å². The highest BCUT2D eigenvalue weighted by atomic mass is 16.5. The summed E-state index contributed by atoms with van der Waals surface area (Å²) in [5.74, 6) is 0.964. The van der Waals surface area contributed by atoms with Gasteiger partial charge in [-0.15, -0.1) is 0 Å². The summed E-state index contributed by atoms with van der Waals surface area (Å²) in [4.78, 5) is 25.2. The molecular formula is C30H42N2O4. The summed E-state index contributed by atoms with van der Waals surface area (Å²) in [6.07, 6.45) is 3.68. The van der Waals surface area contributed by atoms with Gasteiger partial charge in [-0.1, -0.05) is 78.6 Å². The molecule has 3 rings (SSSR count). The average Bonchev–Trinajstić information content (AvgIpc) is 2.82. The van der Waals surface area contributed by atoms with Crippen molar-refractivity contribution < 1.29 is 19.1 Å². The Labute approximate surface area is 216 Å². The summed E-state index contributed by atoms with van der Waals surface area (Å²) >= 11 is 0. The normalized spacial score (nSPS) is 18.3. The van der Waals surface area contributed by atoms with Crippen LogP contribution in [0, 0.1) is 0 Å². The molecule has 0 saturated heterocycles. The molecule has 0 aromatic heterocycles. The summed E-state index contributed by atoms with van der Waals surface area (Å²) in [5, 5.41) is 6.11. The molecule has 0 radical (unpaired) electrons. The minimum Gasteiger partial charge on any atom is -0.484 e. The Hall–Kier alpha value is -3.02. The zero-order valence-electron chi connectivity index (χ0n) is 22.6. The number of carbonyl (C=O) groups is 2. The van der Waals surface area contributed by atoms with Crippen molar-refractivity contribution in [1.82, 2.24) is 10.6 Å². The van der Waals surface area contributed by atoms with Crippen molar-refractivity contribution in [1.29, 1.82) is 0 Å². The molecule has 1 aliphatic rings. The van der Waals surface area contributed by atoms with Gasteiger partial charge in [0.25, 0.3) is 11.8 Å². The minimum absolute atomic E-state index is 0.0559. The van der Waals surface area contributed by atoms with Gasteiger partial charge in [-0.2, -0.15) is 0 Å². The Morgan fingerprint density at radius 1 is 0.667 bits per heavy atom. The van der Waals surface area contributed by atoms with E-state index in [-0.39, 0.29) is 47.9 Å². The Morgan fingerprint density at radius 3 is 1.31 bits per heavy atom. The molecule has 0 unspecified atom stereocenters. The zero-order valence-corrected chi connectivity index (χ0v) is 22.6. The fourth-order valence-corrected chi connectivity index (χ4v) is 4.37. The van der Waals surface area contributed by atoms with Crippen LogP contribution in [0.5, 0.6) is 11.5 Å². The van der Waals surface area contributed by atoms with Crippen molar-refractivity contribution in [3.63, 3.8) is 0 Å². The van der Waals surface area contributed by atoms with Crippen LogP contribution in [-0.2, 0) is 20.4 Å². The summed E-state index contributed by atoms with van der Waals surface area (Å²) in [6.45, 7) is 12.8. The average molecular weight is 495 g/mol. The van der Waals surface area contributed by atoms with Crippen molar-refractivity contribution in [2.45, 2.75) is 90.1 Å². The molecule has 1 fully saturated rings. The van der Waals surface area contributed by atoms with Crippen LogP contribution in [0.2, 0.25) is 0 Å². The number of hydrogen-bond donors (Lipinski definition) is 2. The molecule has 2 atom stereocenters. The van der Waals surface area contributed by atoms with Crippen molar-refractivity contribution >= 4 is 11.8 Å². The lowest BCUT2D eigenvalue weighted by molar-refractivity contribution is -0.127.